The van der Waals surface area contributed by atoms with Gasteiger partial charge in [0.1, 0.15) is 5.82 Å². The molecule has 0 fully saturated rings. The van der Waals surface area contributed by atoms with Gasteiger partial charge in [-0.05, 0) is 31.5 Å². The molecule has 0 aromatic heterocycles. The van der Waals surface area contributed by atoms with Crippen molar-refractivity contribution in [2.24, 2.45) is 5.73 Å². The largest absolute Gasteiger partial charge is 0.385 e. The van der Waals surface area contributed by atoms with Gasteiger partial charge in [0.15, 0.2) is 0 Å². The van der Waals surface area contributed by atoms with Crippen molar-refractivity contribution in [3.63, 3.8) is 0 Å². The Balaban J connectivity index is 2.71. The van der Waals surface area contributed by atoms with E-state index in [1.807, 2.05) is 6.07 Å². The average molecular weight is 210 g/mol. The molecule has 1 aromatic carbocycles. The summed E-state index contributed by atoms with van der Waals surface area (Å²) in [4.78, 5) is 0. The van der Waals surface area contributed by atoms with E-state index in [0.29, 0.717) is 18.5 Å². The van der Waals surface area contributed by atoms with E-state index in [4.69, 9.17) is 5.73 Å². The molecule has 15 heavy (non-hydrogen) atoms. The fraction of sp³-hybridized carbons (Fsp3) is 0.500. The van der Waals surface area contributed by atoms with Crippen LogP contribution in [0.25, 0.3) is 0 Å². The third kappa shape index (κ3) is 3.51. The van der Waals surface area contributed by atoms with Crippen LogP contribution in [-0.2, 0) is 6.42 Å². The van der Waals surface area contributed by atoms with Gasteiger partial charge in [0.05, 0.1) is 0 Å². The lowest BCUT2D eigenvalue weighted by molar-refractivity contribution is 0.610. The smallest absolute Gasteiger partial charge is 0.128 e. The highest BCUT2D eigenvalue weighted by Crippen LogP contribution is 2.19. The van der Waals surface area contributed by atoms with Crippen molar-refractivity contribution in [2.75, 3.05) is 18.4 Å². The minimum atomic E-state index is -0.165. The first-order valence-corrected chi connectivity index (χ1v) is 5.51. The second kappa shape index (κ2) is 6.40. The van der Waals surface area contributed by atoms with Crippen molar-refractivity contribution in [1.82, 2.24) is 0 Å². The number of nitrogens with one attached hydrogen (secondary N) is 1. The molecule has 3 heteroatoms. The molecule has 0 aliphatic heterocycles. The summed E-state index contributed by atoms with van der Waals surface area (Å²) in [6.07, 6.45) is 2.81. The fourth-order valence-electron chi connectivity index (χ4n) is 1.52. The first-order valence-electron chi connectivity index (χ1n) is 5.51. The zero-order valence-corrected chi connectivity index (χ0v) is 9.22. The summed E-state index contributed by atoms with van der Waals surface area (Å²) in [7, 11) is 0. The number of anilines is 1. The highest BCUT2D eigenvalue weighted by atomic mass is 19.1. The predicted molar refractivity (Wildman–Crippen MR) is 62.6 cm³/mol. The van der Waals surface area contributed by atoms with E-state index in [1.165, 1.54) is 6.07 Å². The third-order valence-corrected chi connectivity index (χ3v) is 2.36. The van der Waals surface area contributed by atoms with Crippen molar-refractivity contribution >= 4 is 5.69 Å². The molecular formula is C12H19FN2. The molecule has 0 amide bonds. The maximum absolute atomic E-state index is 13.5. The van der Waals surface area contributed by atoms with Gasteiger partial charge in [-0.3, -0.25) is 0 Å². The molecule has 0 bridgehead atoms. The molecule has 84 valence electrons. The van der Waals surface area contributed by atoms with Gasteiger partial charge in [0, 0.05) is 17.8 Å². The Hall–Kier alpha value is -1.09. The van der Waals surface area contributed by atoms with Crippen LogP contribution in [0.15, 0.2) is 18.2 Å². The van der Waals surface area contributed by atoms with E-state index < -0.39 is 0 Å². The van der Waals surface area contributed by atoms with Gasteiger partial charge in [-0.15, -0.1) is 0 Å². The molecular weight excluding hydrogens is 191 g/mol. The molecule has 3 N–H and O–H groups in total. The van der Waals surface area contributed by atoms with Crippen LogP contribution in [0, 0.1) is 5.82 Å². The van der Waals surface area contributed by atoms with Crippen molar-refractivity contribution in [3.05, 3.63) is 29.6 Å². The number of hydrogen-bond acceptors (Lipinski definition) is 2. The lowest BCUT2D eigenvalue weighted by Crippen LogP contribution is -2.09. The summed E-state index contributed by atoms with van der Waals surface area (Å²) in [5.74, 6) is -0.165. The van der Waals surface area contributed by atoms with E-state index in [0.717, 1.165) is 25.1 Å². The molecule has 0 saturated carbocycles. The van der Waals surface area contributed by atoms with Crippen LogP contribution in [0.2, 0.25) is 0 Å². The van der Waals surface area contributed by atoms with Crippen LogP contribution in [0.5, 0.6) is 0 Å². The number of hydrogen-bond donors (Lipinski definition) is 2. The highest BCUT2D eigenvalue weighted by molar-refractivity contribution is 5.51. The predicted octanol–water partition coefficient (Wildman–Crippen LogP) is 2.54. The third-order valence-electron chi connectivity index (χ3n) is 2.36. The van der Waals surface area contributed by atoms with Gasteiger partial charge in [-0.2, -0.15) is 0 Å². The van der Waals surface area contributed by atoms with Crippen molar-refractivity contribution in [1.29, 1.82) is 0 Å². The molecule has 0 unspecified atom stereocenters. The topological polar surface area (TPSA) is 38.0 Å². The van der Waals surface area contributed by atoms with Crippen LogP contribution in [0.3, 0.4) is 0 Å². The normalized spacial score (nSPS) is 10.3. The quantitative estimate of drug-likeness (QED) is 0.708. The lowest BCUT2D eigenvalue weighted by Gasteiger charge is -2.11. The molecule has 0 aliphatic carbocycles. The Morgan fingerprint density at radius 3 is 2.87 bits per heavy atom. The van der Waals surface area contributed by atoms with Crippen LogP contribution >= 0.6 is 0 Å². The minimum Gasteiger partial charge on any atom is -0.385 e. The zero-order valence-electron chi connectivity index (χ0n) is 9.22. The number of benzene rings is 1. The summed E-state index contributed by atoms with van der Waals surface area (Å²) < 4.78 is 13.5. The second-order valence-electron chi connectivity index (χ2n) is 3.58. The SMILES string of the molecule is CCCCNc1cccc(F)c1CCN. The maximum atomic E-state index is 13.5. The molecule has 0 aliphatic rings. The van der Waals surface area contributed by atoms with Crippen molar-refractivity contribution in [3.8, 4) is 0 Å². The van der Waals surface area contributed by atoms with E-state index in [9.17, 15) is 4.39 Å². The fourth-order valence-corrected chi connectivity index (χ4v) is 1.52. The molecule has 0 radical (unpaired) electrons. The Morgan fingerprint density at radius 1 is 1.40 bits per heavy atom. The molecule has 1 aromatic rings. The lowest BCUT2D eigenvalue weighted by atomic mass is 10.1. The number of nitrogens with two attached hydrogens (primary N) is 1. The van der Waals surface area contributed by atoms with Gasteiger partial charge >= 0.3 is 0 Å². The van der Waals surface area contributed by atoms with E-state index in [-0.39, 0.29) is 5.82 Å². The first kappa shape index (κ1) is 12.0. The minimum absolute atomic E-state index is 0.165. The van der Waals surface area contributed by atoms with Gasteiger partial charge in [0.2, 0.25) is 0 Å². The second-order valence-corrected chi connectivity index (χ2v) is 3.58. The number of rotatable bonds is 6. The van der Waals surface area contributed by atoms with Crippen LogP contribution in [0.1, 0.15) is 25.3 Å². The Bertz CT molecular complexity index is 300. The van der Waals surface area contributed by atoms with E-state index >= 15 is 0 Å². The summed E-state index contributed by atoms with van der Waals surface area (Å²) in [5, 5.41) is 3.24. The molecule has 2 nitrogen and oxygen atoms in total. The molecule has 0 atom stereocenters. The van der Waals surface area contributed by atoms with Crippen LogP contribution < -0.4 is 11.1 Å². The Morgan fingerprint density at radius 2 is 2.20 bits per heavy atom. The van der Waals surface area contributed by atoms with Crippen LogP contribution in [-0.4, -0.2) is 13.1 Å². The number of unbranched alkanes of at least 4 members (excludes halogenated alkanes) is 1. The summed E-state index contributed by atoms with van der Waals surface area (Å²) in [6, 6.07) is 5.11. The van der Waals surface area contributed by atoms with E-state index in [1.54, 1.807) is 6.07 Å². The van der Waals surface area contributed by atoms with Gasteiger partial charge in [0.25, 0.3) is 0 Å². The van der Waals surface area contributed by atoms with Gasteiger partial charge < -0.3 is 11.1 Å². The highest BCUT2D eigenvalue weighted by Gasteiger charge is 2.06. The van der Waals surface area contributed by atoms with Crippen molar-refractivity contribution in [2.45, 2.75) is 26.2 Å². The molecule has 0 heterocycles. The standard InChI is InChI=1S/C12H19FN2/c1-2-3-9-15-12-6-4-5-11(13)10(12)7-8-14/h4-6,15H,2-3,7-9,14H2,1H3. The van der Waals surface area contributed by atoms with Crippen molar-refractivity contribution < 1.29 is 4.39 Å². The molecule has 0 spiro atoms. The molecule has 1 rings (SSSR count). The molecule has 0 saturated heterocycles. The first-order chi connectivity index (χ1) is 7.29. The average Bonchev–Trinajstić information content (AvgIpc) is 2.23. The van der Waals surface area contributed by atoms with Gasteiger partial charge in [-0.1, -0.05) is 19.4 Å². The zero-order chi connectivity index (χ0) is 11.1. The Kier molecular flexibility index (Phi) is 5.12. The summed E-state index contributed by atoms with van der Waals surface area (Å²) in [6.45, 7) is 3.50. The number of halogens is 1. The van der Waals surface area contributed by atoms with Crippen LogP contribution in [0.4, 0.5) is 10.1 Å². The Labute approximate surface area is 90.7 Å². The van der Waals surface area contributed by atoms with Gasteiger partial charge in [-0.25, -0.2) is 4.39 Å². The monoisotopic (exact) mass is 210 g/mol. The summed E-state index contributed by atoms with van der Waals surface area (Å²) >= 11 is 0. The van der Waals surface area contributed by atoms with E-state index in [2.05, 4.69) is 12.2 Å². The summed E-state index contributed by atoms with van der Waals surface area (Å²) in [5.41, 5.74) is 7.05. The maximum Gasteiger partial charge on any atom is 0.128 e.